The molecule has 2 aliphatic carbocycles. The molecular formula is C21H26O8. The predicted molar refractivity (Wildman–Crippen MR) is 101 cm³/mol. The number of carbonyl (C=O) groups is 4. The van der Waals surface area contributed by atoms with E-state index in [1.165, 1.54) is 24.3 Å². The normalized spacial score (nSPS) is 15.7. The molecule has 3 rings (SSSR count). The summed E-state index contributed by atoms with van der Waals surface area (Å²) in [7, 11) is 0. The van der Waals surface area contributed by atoms with Crippen LogP contribution in [0, 0.1) is 0 Å². The van der Waals surface area contributed by atoms with Crippen LogP contribution in [0.5, 0.6) is 0 Å². The van der Waals surface area contributed by atoms with Gasteiger partial charge >= 0.3 is 23.9 Å². The molecule has 0 aliphatic heterocycles. The van der Waals surface area contributed by atoms with Crippen molar-refractivity contribution < 1.29 is 38.1 Å². The van der Waals surface area contributed by atoms with E-state index in [1.54, 1.807) is 27.7 Å². The van der Waals surface area contributed by atoms with Crippen molar-refractivity contribution in [1.82, 2.24) is 0 Å². The van der Waals surface area contributed by atoms with Crippen molar-refractivity contribution in [2.75, 3.05) is 26.4 Å². The molecule has 8 heteroatoms. The van der Waals surface area contributed by atoms with Crippen molar-refractivity contribution in [3.63, 3.8) is 0 Å². The molecule has 1 aromatic rings. The molecule has 0 heterocycles. The van der Waals surface area contributed by atoms with Gasteiger partial charge in [-0.3, -0.25) is 19.2 Å². The Bertz CT molecular complexity index is 679. The van der Waals surface area contributed by atoms with Crippen LogP contribution in [-0.4, -0.2) is 50.3 Å². The van der Waals surface area contributed by atoms with Gasteiger partial charge in [-0.05, 0) is 38.8 Å². The Balaban J connectivity index is 2.80. The Hall–Kier alpha value is -2.90. The molecule has 0 spiro atoms. The molecule has 158 valence electrons. The molecule has 8 nitrogen and oxygen atoms in total. The van der Waals surface area contributed by atoms with Crippen molar-refractivity contribution in [3.8, 4) is 0 Å². The van der Waals surface area contributed by atoms with Crippen molar-refractivity contribution in [1.29, 1.82) is 0 Å². The number of rotatable bonds is 8. The summed E-state index contributed by atoms with van der Waals surface area (Å²) in [5.41, 5.74) is -3.49. The highest BCUT2D eigenvalue weighted by molar-refractivity contribution is 6.12. The fraction of sp³-hybridized carbons (Fsp3) is 0.524. The lowest BCUT2D eigenvalue weighted by Crippen LogP contribution is -2.55. The average Bonchev–Trinajstić information content (AvgIpc) is 2.94. The SMILES string of the molecule is CCOC(=O)C1(C(=O)OCC)CC(C(=O)OCC)(C(=O)OCC)c2ccc1cc2. The highest BCUT2D eigenvalue weighted by Gasteiger charge is 2.64. The number of hydrogen-bond donors (Lipinski definition) is 0. The quantitative estimate of drug-likeness (QED) is 0.366. The van der Waals surface area contributed by atoms with Gasteiger partial charge in [-0.1, -0.05) is 24.3 Å². The van der Waals surface area contributed by atoms with E-state index in [4.69, 9.17) is 18.9 Å². The molecule has 0 amide bonds. The maximum atomic E-state index is 13.1. The van der Waals surface area contributed by atoms with Gasteiger partial charge in [0.05, 0.1) is 26.4 Å². The van der Waals surface area contributed by atoms with Crippen LogP contribution in [0.1, 0.15) is 45.2 Å². The second kappa shape index (κ2) is 9.07. The monoisotopic (exact) mass is 406 g/mol. The first-order chi connectivity index (χ1) is 13.8. The lowest BCUT2D eigenvalue weighted by molar-refractivity contribution is -0.172. The maximum absolute atomic E-state index is 13.1. The number of benzene rings is 1. The predicted octanol–water partition coefficient (Wildman–Crippen LogP) is 1.82. The Labute approximate surface area is 169 Å². The standard InChI is InChI=1S/C21H26O8/c1-5-26-16(22)20(17(23)27-6-2)13-21(18(24)28-7-3,19(25)29-8-4)15-11-9-14(20)10-12-15/h9-12H,5-8,13H2,1-4H3. The third kappa shape index (κ3) is 3.59. The van der Waals surface area contributed by atoms with Gasteiger partial charge < -0.3 is 18.9 Å². The second-order valence-electron chi connectivity index (χ2n) is 6.45. The molecule has 0 N–H and O–H groups in total. The fourth-order valence-corrected chi connectivity index (χ4v) is 3.59. The van der Waals surface area contributed by atoms with Crippen LogP contribution in [0.2, 0.25) is 0 Å². The molecule has 0 fully saturated rings. The van der Waals surface area contributed by atoms with E-state index in [-0.39, 0.29) is 37.6 Å². The van der Waals surface area contributed by atoms with E-state index in [9.17, 15) is 19.2 Å². The van der Waals surface area contributed by atoms with Crippen LogP contribution < -0.4 is 0 Å². The van der Waals surface area contributed by atoms with Gasteiger partial charge in [-0.2, -0.15) is 0 Å². The third-order valence-corrected chi connectivity index (χ3v) is 4.90. The van der Waals surface area contributed by atoms with E-state index < -0.39 is 41.1 Å². The number of hydrogen-bond acceptors (Lipinski definition) is 8. The first kappa shape index (κ1) is 22.4. The molecule has 0 unspecified atom stereocenters. The van der Waals surface area contributed by atoms with E-state index >= 15 is 0 Å². The largest absolute Gasteiger partial charge is 0.465 e. The van der Waals surface area contributed by atoms with Crippen LogP contribution in [0.4, 0.5) is 0 Å². The van der Waals surface area contributed by atoms with Crippen LogP contribution >= 0.6 is 0 Å². The minimum absolute atomic E-state index is 0.00306. The molecule has 0 aromatic heterocycles. The van der Waals surface area contributed by atoms with Crippen LogP contribution in [0.25, 0.3) is 0 Å². The minimum Gasteiger partial charge on any atom is -0.465 e. The molecular weight excluding hydrogens is 380 g/mol. The highest BCUT2D eigenvalue weighted by Crippen LogP contribution is 2.47. The summed E-state index contributed by atoms with van der Waals surface area (Å²) in [6.45, 7) is 6.40. The van der Waals surface area contributed by atoms with Gasteiger partial charge in [-0.25, -0.2) is 0 Å². The zero-order valence-electron chi connectivity index (χ0n) is 17.1. The minimum atomic E-state index is -2.02. The number of fused-ring (bicyclic) bond motifs is 4. The van der Waals surface area contributed by atoms with E-state index in [2.05, 4.69) is 0 Å². The van der Waals surface area contributed by atoms with Gasteiger partial charge in [0.2, 0.25) is 0 Å². The third-order valence-electron chi connectivity index (χ3n) is 4.90. The summed E-state index contributed by atoms with van der Waals surface area (Å²) in [4.78, 5) is 52.4. The lowest BCUT2D eigenvalue weighted by Gasteiger charge is -2.35. The first-order valence-electron chi connectivity index (χ1n) is 9.64. The van der Waals surface area contributed by atoms with Crippen LogP contribution in [0.15, 0.2) is 24.3 Å². The van der Waals surface area contributed by atoms with E-state index in [0.717, 1.165) is 0 Å². The summed E-state index contributed by atoms with van der Waals surface area (Å²) in [6.07, 6.45) is -0.542. The van der Waals surface area contributed by atoms with E-state index in [1.807, 2.05) is 0 Å². The first-order valence-corrected chi connectivity index (χ1v) is 9.64. The highest BCUT2D eigenvalue weighted by atomic mass is 16.6. The van der Waals surface area contributed by atoms with Gasteiger partial charge in [-0.15, -0.1) is 0 Å². The average molecular weight is 406 g/mol. The lowest BCUT2D eigenvalue weighted by atomic mass is 9.68. The number of carbonyl (C=O) groups excluding carboxylic acids is 4. The second-order valence-corrected chi connectivity index (χ2v) is 6.45. The Morgan fingerprint density at radius 2 is 0.862 bits per heavy atom. The Morgan fingerprint density at radius 3 is 1.07 bits per heavy atom. The molecule has 0 saturated heterocycles. The molecule has 0 radical (unpaired) electrons. The molecule has 1 aromatic carbocycles. The molecule has 29 heavy (non-hydrogen) atoms. The summed E-state index contributed by atoms with van der Waals surface area (Å²) in [5.74, 6) is -3.60. The van der Waals surface area contributed by atoms with Gasteiger partial charge in [0.1, 0.15) is 0 Å². The van der Waals surface area contributed by atoms with Gasteiger partial charge in [0, 0.05) is 6.42 Å². The van der Waals surface area contributed by atoms with Crippen LogP contribution in [0.3, 0.4) is 0 Å². The van der Waals surface area contributed by atoms with Crippen molar-refractivity contribution in [2.24, 2.45) is 0 Å². The topological polar surface area (TPSA) is 105 Å². The van der Waals surface area contributed by atoms with E-state index in [0.29, 0.717) is 0 Å². The molecule has 0 atom stereocenters. The zero-order valence-corrected chi connectivity index (χ0v) is 17.1. The maximum Gasteiger partial charge on any atom is 0.328 e. The summed E-state index contributed by atoms with van der Waals surface area (Å²) >= 11 is 0. The molecule has 2 bridgehead atoms. The van der Waals surface area contributed by atoms with Gasteiger partial charge in [0.25, 0.3) is 0 Å². The van der Waals surface area contributed by atoms with Crippen LogP contribution in [-0.2, 0) is 49.0 Å². The smallest absolute Gasteiger partial charge is 0.328 e. The Kier molecular flexibility index (Phi) is 7.00. The van der Waals surface area contributed by atoms with Crippen molar-refractivity contribution in [3.05, 3.63) is 35.4 Å². The summed E-state index contributed by atoms with van der Waals surface area (Å²) in [5, 5.41) is 0. The molecule has 0 saturated carbocycles. The number of ether oxygens (including phenoxy) is 4. The zero-order chi connectivity index (χ0) is 21.7. The molecule has 2 aliphatic rings. The summed E-state index contributed by atoms with van der Waals surface area (Å²) in [6, 6.07) is 6.07. The Morgan fingerprint density at radius 1 is 0.621 bits per heavy atom. The van der Waals surface area contributed by atoms with Crippen molar-refractivity contribution >= 4 is 23.9 Å². The fourth-order valence-electron chi connectivity index (χ4n) is 3.59. The summed E-state index contributed by atoms with van der Waals surface area (Å²) < 4.78 is 20.8. The van der Waals surface area contributed by atoms with Crippen molar-refractivity contribution in [2.45, 2.75) is 44.9 Å². The number of esters is 4. The van der Waals surface area contributed by atoms with Gasteiger partial charge in [0.15, 0.2) is 10.8 Å².